The van der Waals surface area contributed by atoms with Crippen LogP contribution >= 0.6 is 15.9 Å². The van der Waals surface area contributed by atoms with E-state index in [1.807, 2.05) is 0 Å². The predicted molar refractivity (Wildman–Crippen MR) is 97.6 cm³/mol. The number of amides is 1. The van der Waals surface area contributed by atoms with E-state index in [0.717, 1.165) is 0 Å². The van der Waals surface area contributed by atoms with Crippen molar-refractivity contribution in [2.75, 3.05) is 5.32 Å². The average molecular weight is 437 g/mol. The molecule has 2 heterocycles. The number of anilines is 1. The van der Waals surface area contributed by atoms with Gasteiger partial charge in [-0.15, -0.1) is 0 Å². The molecule has 1 amide bonds. The smallest absolute Gasteiger partial charge is 0.358 e. The van der Waals surface area contributed by atoms with Gasteiger partial charge < -0.3 is 15.4 Å². The molecule has 0 aliphatic carbocycles. The molecule has 0 radical (unpaired) electrons. The second kappa shape index (κ2) is 8.08. The highest BCUT2D eigenvalue weighted by Crippen LogP contribution is 2.21. The summed E-state index contributed by atoms with van der Waals surface area (Å²) in [6.45, 7) is 0.408. The van der Waals surface area contributed by atoms with Crippen molar-refractivity contribution in [1.29, 1.82) is 0 Å². The quantitative estimate of drug-likeness (QED) is 0.452. The van der Waals surface area contributed by atoms with E-state index < -0.39 is 4.92 Å². The summed E-state index contributed by atoms with van der Waals surface area (Å²) in [6.07, 6.45) is 3.13. The molecule has 2 aromatic heterocycles. The zero-order valence-electron chi connectivity index (χ0n) is 13.9. The molecular formula is C16H14BrFN6O3. The molecule has 140 valence electrons. The van der Waals surface area contributed by atoms with Gasteiger partial charge >= 0.3 is 5.82 Å². The van der Waals surface area contributed by atoms with Crippen molar-refractivity contribution < 1.29 is 14.1 Å². The fourth-order valence-electron chi connectivity index (χ4n) is 2.35. The van der Waals surface area contributed by atoms with Gasteiger partial charge in [-0.25, -0.2) is 4.39 Å². The van der Waals surface area contributed by atoms with Gasteiger partial charge in [0.25, 0.3) is 0 Å². The number of aryl methyl sites for hydroxylation is 1. The number of rotatable bonds is 7. The zero-order chi connectivity index (χ0) is 19.4. The highest BCUT2D eigenvalue weighted by molar-refractivity contribution is 9.10. The van der Waals surface area contributed by atoms with Gasteiger partial charge in [-0.1, -0.05) is 18.2 Å². The van der Waals surface area contributed by atoms with Crippen LogP contribution in [0.25, 0.3) is 0 Å². The lowest BCUT2D eigenvalue weighted by Crippen LogP contribution is -2.15. The van der Waals surface area contributed by atoms with Gasteiger partial charge in [-0.3, -0.25) is 9.48 Å². The molecule has 9 nitrogen and oxygen atoms in total. The summed E-state index contributed by atoms with van der Waals surface area (Å²) >= 11 is 3.31. The maximum absolute atomic E-state index is 13.7. The van der Waals surface area contributed by atoms with Crippen molar-refractivity contribution in [2.45, 2.75) is 19.5 Å². The molecule has 0 aliphatic rings. The lowest BCUT2D eigenvalue weighted by atomic mass is 10.2. The van der Waals surface area contributed by atoms with E-state index in [9.17, 15) is 19.3 Å². The van der Waals surface area contributed by atoms with Gasteiger partial charge in [0, 0.05) is 18.2 Å². The van der Waals surface area contributed by atoms with Crippen molar-refractivity contribution in [3.8, 4) is 0 Å². The number of carbonyl (C=O) groups is 1. The fourth-order valence-corrected chi connectivity index (χ4v) is 2.76. The third-order valence-electron chi connectivity index (χ3n) is 3.65. The summed E-state index contributed by atoms with van der Waals surface area (Å²) in [5.41, 5.74) is 0.477. The van der Waals surface area contributed by atoms with E-state index in [4.69, 9.17) is 0 Å². The molecule has 1 N–H and O–H groups in total. The minimum absolute atomic E-state index is 0.0610. The predicted octanol–water partition coefficient (Wildman–Crippen LogP) is 2.97. The van der Waals surface area contributed by atoms with Crippen LogP contribution in [0.3, 0.4) is 0 Å². The molecule has 0 spiro atoms. The summed E-state index contributed by atoms with van der Waals surface area (Å²) in [4.78, 5) is 22.1. The molecular weight excluding hydrogens is 423 g/mol. The number of hydrogen-bond acceptors (Lipinski definition) is 5. The largest absolute Gasteiger partial charge is 0.389 e. The highest BCUT2D eigenvalue weighted by Gasteiger charge is 2.14. The minimum Gasteiger partial charge on any atom is -0.358 e. The van der Waals surface area contributed by atoms with E-state index in [-0.39, 0.29) is 37.1 Å². The number of carbonyl (C=O) groups excluding carboxylic acids is 1. The van der Waals surface area contributed by atoms with Crippen LogP contribution in [0.1, 0.15) is 12.0 Å². The Morgan fingerprint density at radius 1 is 1.26 bits per heavy atom. The van der Waals surface area contributed by atoms with Gasteiger partial charge in [-0.05, 0) is 26.9 Å². The molecule has 0 unspecified atom stereocenters. The van der Waals surface area contributed by atoms with Crippen molar-refractivity contribution >= 4 is 33.5 Å². The van der Waals surface area contributed by atoms with E-state index in [1.165, 1.54) is 27.7 Å². The third-order valence-corrected chi connectivity index (χ3v) is 4.23. The number of nitro groups is 1. The maximum Gasteiger partial charge on any atom is 0.389 e. The zero-order valence-corrected chi connectivity index (χ0v) is 15.5. The Hall–Kier alpha value is -3.08. The molecule has 0 aliphatic heterocycles. The van der Waals surface area contributed by atoms with Crippen LogP contribution in [0.15, 0.2) is 47.2 Å². The molecule has 0 fully saturated rings. The van der Waals surface area contributed by atoms with Crippen LogP contribution < -0.4 is 5.32 Å². The van der Waals surface area contributed by atoms with E-state index >= 15 is 0 Å². The standard InChI is InChI=1S/C16H14BrFN6O3/c17-12-10-23(9-11-3-1-2-4-13(11)18)21-16(12)19-15(25)6-8-22-7-5-14(20-22)24(26)27/h1-5,7,10H,6,8-9H2,(H,19,21,25). The topological polar surface area (TPSA) is 108 Å². The molecule has 0 saturated carbocycles. The average Bonchev–Trinajstić information content (AvgIpc) is 3.22. The van der Waals surface area contributed by atoms with E-state index in [0.29, 0.717) is 15.9 Å². The Morgan fingerprint density at radius 2 is 2.04 bits per heavy atom. The van der Waals surface area contributed by atoms with Crippen LogP contribution in [0.5, 0.6) is 0 Å². The monoisotopic (exact) mass is 436 g/mol. The molecule has 3 aromatic rings. The normalized spacial score (nSPS) is 10.7. The number of nitrogens with zero attached hydrogens (tertiary/aromatic N) is 5. The van der Waals surface area contributed by atoms with Crippen LogP contribution in [0.4, 0.5) is 16.0 Å². The molecule has 11 heteroatoms. The summed E-state index contributed by atoms with van der Waals surface area (Å²) in [5, 5.41) is 21.2. The Balaban J connectivity index is 1.58. The lowest BCUT2D eigenvalue weighted by Gasteiger charge is -2.04. The number of halogens is 2. The van der Waals surface area contributed by atoms with Gasteiger partial charge in [0.05, 0.1) is 34.9 Å². The van der Waals surface area contributed by atoms with Gasteiger partial charge in [0.15, 0.2) is 5.82 Å². The first-order valence-corrected chi connectivity index (χ1v) is 8.66. The summed E-state index contributed by atoms with van der Waals surface area (Å²) in [7, 11) is 0. The van der Waals surface area contributed by atoms with E-state index in [2.05, 4.69) is 31.4 Å². The number of benzene rings is 1. The van der Waals surface area contributed by atoms with Crippen LogP contribution in [-0.4, -0.2) is 30.4 Å². The number of nitrogens with one attached hydrogen (secondary N) is 1. The highest BCUT2D eigenvalue weighted by atomic mass is 79.9. The first-order chi connectivity index (χ1) is 12.9. The Kier molecular flexibility index (Phi) is 5.60. The van der Waals surface area contributed by atoms with Crippen molar-refractivity contribution in [3.05, 3.63) is 68.7 Å². The molecule has 3 rings (SSSR count). The van der Waals surface area contributed by atoms with Crippen LogP contribution in [-0.2, 0) is 17.9 Å². The van der Waals surface area contributed by atoms with Gasteiger partial charge in [0.2, 0.25) is 5.91 Å². The number of aromatic nitrogens is 4. The second-order valence-corrected chi connectivity index (χ2v) is 6.46. The van der Waals surface area contributed by atoms with Gasteiger partial charge in [-0.2, -0.15) is 9.78 Å². The lowest BCUT2D eigenvalue weighted by molar-refractivity contribution is -0.389. The van der Waals surface area contributed by atoms with E-state index in [1.54, 1.807) is 24.4 Å². The molecule has 27 heavy (non-hydrogen) atoms. The molecule has 0 atom stereocenters. The van der Waals surface area contributed by atoms with Gasteiger partial charge in [0.1, 0.15) is 5.82 Å². The summed E-state index contributed by atoms with van der Waals surface area (Å²) < 4.78 is 17.1. The fraction of sp³-hybridized carbons (Fsp3) is 0.188. The van der Waals surface area contributed by atoms with Crippen molar-refractivity contribution in [1.82, 2.24) is 19.6 Å². The number of hydrogen-bond donors (Lipinski definition) is 1. The Labute approximate surface area is 161 Å². The maximum atomic E-state index is 13.7. The molecule has 0 saturated heterocycles. The Bertz CT molecular complexity index is 986. The summed E-state index contributed by atoms with van der Waals surface area (Å²) in [5.74, 6) is -0.624. The third kappa shape index (κ3) is 4.76. The van der Waals surface area contributed by atoms with Crippen LogP contribution in [0, 0.1) is 15.9 Å². The Morgan fingerprint density at radius 3 is 2.74 bits per heavy atom. The molecule has 0 bridgehead atoms. The molecule has 1 aromatic carbocycles. The van der Waals surface area contributed by atoms with Crippen molar-refractivity contribution in [2.24, 2.45) is 0 Å². The van der Waals surface area contributed by atoms with Crippen molar-refractivity contribution in [3.63, 3.8) is 0 Å². The minimum atomic E-state index is -0.601. The SMILES string of the molecule is O=C(CCn1ccc([N+](=O)[O-])n1)Nc1nn(Cc2ccccc2F)cc1Br. The second-order valence-electron chi connectivity index (χ2n) is 5.61. The van der Waals surface area contributed by atoms with Crippen LogP contribution in [0.2, 0.25) is 0 Å². The summed E-state index contributed by atoms with van der Waals surface area (Å²) in [6, 6.07) is 7.64. The first-order valence-electron chi connectivity index (χ1n) is 7.86. The first kappa shape index (κ1) is 18.7.